The van der Waals surface area contributed by atoms with E-state index in [1.54, 1.807) is 29.2 Å². The van der Waals surface area contributed by atoms with Crippen LogP contribution in [0.25, 0.3) is 0 Å². The molecule has 0 aromatic heterocycles. The summed E-state index contributed by atoms with van der Waals surface area (Å²) in [6.45, 7) is 0.738. The van der Waals surface area contributed by atoms with Gasteiger partial charge in [-0.15, -0.1) is 0 Å². The molecule has 35 heavy (non-hydrogen) atoms. The summed E-state index contributed by atoms with van der Waals surface area (Å²) in [5, 5.41) is 0.648. The van der Waals surface area contributed by atoms with E-state index in [9.17, 15) is 4.79 Å². The van der Waals surface area contributed by atoms with Crippen molar-refractivity contribution in [3.63, 3.8) is 0 Å². The number of nitrogens with zero attached hydrogens (tertiary/aromatic N) is 1. The van der Waals surface area contributed by atoms with E-state index in [1.165, 1.54) is 0 Å². The van der Waals surface area contributed by atoms with Crippen LogP contribution >= 0.6 is 11.6 Å². The number of hydrogen-bond donors (Lipinski definition) is 0. The largest absolute Gasteiger partial charge is 0.457 e. The smallest absolute Gasteiger partial charge is 0.415 e. The summed E-state index contributed by atoms with van der Waals surface area (Å²) in [6, 6.07) is 34.0. The van der Waals surface area contributed by atoms with Crippen LogP contribution < -0.4 is 9.64 Å². The highest BCUT2D eigenvalue weighted by molar-refractivity contribution is 6.30. The molecule has 4 aromatic carbocycles. The van der Waals surface area contributed by atoms with E-state index in [1.807, 2.05) is 84.9 Å². The minimum Gasteiger partial charge on any atom is -0.457 e. The fourth-order valence-electron chi connectivity index (χ4n) is 4.12. The van der Waals surface area contributed by atoms with Crippen molar-refractivity contribution in [1.82, 2.24) is 0 Å². The van der Waals surface area contributed by atoms with Gasteiger partial charge in [0, 0.05) is 10.7 Å². The van der Waals surface area contributed by atoms with Crippen LogP contribution in [0.1, 0.15) is 17.2 Å². The molecular formula is C29H24ClNO4. The Bertz CT molecular complexity index is 1250. The first-order chi connectivity index (χ1) is 17.2. The number of carbonyl (C=O) groups is 1. The summed E-state index contributed by atoms with van der Waals surface area (Å²) in [6.07, 6.45) is -0.850. The third kappa shape index (κ3) is 5.48. The lowest BCUT2D eigenvalue weighted by Gasteiger charge is -2.25. The van der Waals surface area contributed by atoms with Crippen molar-refractivity contribution in [2.45, 2.75) is 18.8 Å². The molecule has 0 N–H and O–H groups in total. The summed E-state index contributed by atoms with van der Waals surface area (Å²) < 4.78 is 17.6. The van der Waals surface area contributed by atoms with E-state index in [0.29, 0.717) is 23.1 Å². The fraction of sp³-hybridized carbons (Fsp3) is 0.138. The van der Waals surface area contributed by atoms with Crippen LogP contribution in [0.15, 0.2) is 109 Å². The van der Waals surface area contributed by atoms with Crippen LogP contribution in [0.4, 0.5) is 10.5 Å². The highest BCUT2D eigenvalue weighted by Gasteiger charge is 2.43. The van der Waals surface area contributed by atoms with Crippen LogP contribution in [-0.2, 0) is 16.1 Å². The number of rotatable bonds is 8. The van der Waals surface area contributed by atoms with Crippen LogP contribution in [-0.4, -0.2) is 18.8 Å². The van der Waals surface area contributed by atoms with E-state index in [0.717, 1.165) is 16.8 Å². The lowest BCUT2D eigenvalue weighted by atomic mass is 10.0. The lowest BCUT2D eigenvalue weighted by Crippen LogP contribution is -2.31. The number of cyclic esters (lactones) is 1. The van der Waals surface area contributed by atoms with E-state index in [-0.39, 0.29) is 12.6 Å². The number of ether oxygens (including phenoxy) is 3. The molecule has 5 nitrogen and oxygen atoms in total. The molecule has 176 valence electrons. The maximum absolute atomic E-state index is 13.0. The molecule has 1 fully saturated rings. The SMILES string of the molecule is O=C1O[C@@H](COCc2ccccc2)[C@H](c2ccccc2)N1c1ccc(Oc2ccc(Cl)cc2)cc1. The molecule has 0 bridgehead atoms. The van der Waals surface area contributed by atoms with Gasteiger partial charge in [0.1, 0.15) is 17.5 Å². The van der Waals surface area contributed by atoms with E-state index >= 15 is 0 Å². The number of halogens is 1. The maximum atomic E-state index is 13.0. The Balaban J connectivity index is 1.34. The quantitative estimate of drug-likeness (QED) is 0.260. The number of hydrogen-bond acceptors (Lipinski definition) is 4. The predicted octanol–water partition coefficient (Wildman–Crippen LogP) is 7.42. The molecule has 2 atom stereocenters. The van der Waals surface area contributed by atoms with Crippen molar-refractivity contribution >= 4 is 23.4 Å². The topological polar surface area (TPSA) is 48.0 Å². The Morgan fingerprint density at radius 3 is 2.03 bits per heavy atom. The average Bonchev–Trinajstić information content (AvgIpc) is 3.23. The van der Waals surface area contributed by atoms with Crippen LogP contribution in [0, 0.1) is 0 Å². The fourth-order valence-corrected chi connectivity index (χ4v) is 4.24. The Morgan fingerprint density at radius 2 is 1.37 bits per heavy atom. The van der Waals surface area contributed by atoms with Gasteiger partial charge in [0.05, 0.1) is 13.2 Å². The van der Waals surface area contributed by atoms with Gasteiger partial charge in [0.2, 0.25) is 0 Å². The highest BCUT2D eigenvalue weighted by atomic mass is 35.5. The second kappa shape index (κ2) is 10.6. The van der Waals surface area contributed by atoms with Gasteiger partial charge in [-0.05, 0) is 59.7 Å². The van der Waals surface area contributed by atoms with Crippen LogP contribution in [0.5, 0.6) is 11.5 Å². The number of carbonyl (C=O) groups excluding carboxylic acids is 1. The van der Waals surface area contributed by atoms with Gasteiger partial charge in [-0.25, -0.2) is 4.79 Å². The standard InChI is InChI=1S/C29H24ClNO4/c30-23-11-15-25(16-12-23)34-26-17-13-24(14-18-26)31-28(22-9-5-2-6-10-22)27(35-29(31)32)20-33-19-21-7-3-1-4-8-21/h1-18,27-28H,19-20H2/t27-,28-/m0/s1. The number of anilines is 1. The molecule has 5 rings (SSSR count). The Morgan fingerprint density at radius 1 is 0.771 bits per heavy atom. The summed E-state index contributed by atoms with van der Waals surface area (Å²) >= 11 is 5.95. The average molecular weight is 486 g/mol. The van der Waals surface area contributed by atoms with Crippen molar-refractivity contribution in [3.8, 4) is 11.5 Å². The normalized spacial score (nSPS) is 17.3. The number of amides is 1. The molecule has 0 unspecified atom stereocenters. The third-order valence-electron chi connectivity index (χ3n) is 5.78. The molecule has 1 heterocycles. The minimum atomic E-state index is -0.446. The molecular weight excluding hydrogens is 462 g/mol. The molecule has 1 saturated heterocycles. The van der Waals surface area contributed by atoms with Crippen molar-refractivity contribution in [3.05, 3.63) is 125 Å². The summed E-state index contributed by atoms with van der Waals surface area (Å²) in [5.41, 5.74) is 2.77. The van der Waals surface area contributed by atoms with Gasteiger partial charge < -0.3 is 14.2 Å². The van der Waals surface area contributed by atoms with Crippen molar-refractivity contribution in [2.24, 2.45) is 0 Å². The molecule has 4 aromatic rings. The first-order valence-corrected chi connectivity index (χ1v) is 11.7. The molecule has 0 radical (unpaired) electrons. The van der Waals surface area contributed by atoms with Gasteiger partial charge in [0.15, 0.2) is 6.10 Å². The molecule has 1 amide bonds. The zero-order valence-electron chi connectivity index (χ0n) is 18.9. The zero-order valence-corrected chi connectivity index (χ0v) is 19.7. The highest BCUT2D eigenvalue weighted by Crippen LogP contribution is 2.38. The molecule has 0 spiro atoms. The summed E-state index contributed by atoms with van der Waals surface area (Å²) in [4.78, 5) is 14.7. The van der Waals surface area contributed by atoms with E-state index in [4.69, 9.17) is 25.8 Å². The minimum absolute atomic E-state index is 0.286. The Kier molecular flexibility index (Phi) is 6.98. The summed E-state index contributed by atoms with van der Waals surface area (Å²) in [7, 11) is 0. The Hall–Kier alpha value is -3.80. The first kappa shape index (κ1) is 23.0. The summed E-state index contributed by atoms with van der Waals surface area (Å²) in [5.74, 6) is 1.34. The Labute approximate surface area is 209 Å². The molecule has 0 saturated carbocycles. The second-order valence-corrected chi connectivity index (χ2v) is 8.63. The third-order valence-corrected chi connectivity index (χ3v) is 6.03. The van der Waals surface area contributed by atoms with Gasteiger partial charge in [0.25, 0.3) is 0 Å². The molecule has 1 aliphatic rings. The van der Waals surface area contributed by atoms with E-state index < -0.39 is 12.2 Å². The lowest BCUT2D eigenvalue weighted by molar-refractivity contribution is 0.0273. The zero-order chi connectivity index (χ0) is 24.0. The first-order valence-electron chi connectivity index (χ1n) is 11.4. The van der Waals surface area contributed by atoms with Gasteiger partial charge >= 0.3 is 6.09 Å². The van der Waals surface area contributed by atoms with Gasteiger partial charge in [-0.3, -0.25) is 4.90 Å². The molecule has 1 aliphatic heterocycles. The van der Waals surface area contributed by atoms with Crippen molar-refractivity contribution < 1.29 is 19.0 Å². The molecule has 0 aliphatic carbocycles. The maximum Gasteiger partial charge on any atom is 0.415 e. The van der Waals surface area contributed by atoms with Gasteiger partial charge in [-0.1, -0.05) is 72.3 Å². The van der Waals surface area contributed by atoms with E-state index in [2.05, 4.69) is 0 Å². The van der Waals surface area contributed by atoms with Gasteiger partial charge in [-0.2, -0.15) is 0 Å². The van der Waals surface area contributed by atoms with Crippen LogP contribution in [0.2, 0.25) is 5.02 Å². The van der Waals surface area contributed by atoms with Crippen molar-refractivity contribution in [2.75, 3.05) is 11.5 Å². The van der Waals surface area contributed by atoms with Crippen LogP contribution in [0.3, 0.4) is 0 Å². The second-order valence-electron chi connectivity index (χ2n) is 8.20. The van der Waals surface area contributed by atoms with Crippen molar-refractivity contribution in [1.29, 1.82) is 0 Å². The molecule has 6 heteroatoms. The monoisotopic (exact) mass is 485 g/mol. The predicted molar refractivity (Wildman–Crippen MR) is 136 cm³/mol. The number of benzene rings is 4.